The van der Waals surface area contributed by atoms with Gasteiger partial charge in [-0.2, -0.15) is 0 Å². The maximum atomic E-state index is 13.2. The molecule has 6 heteroatoms. The van der Waals surface area contributed by atoms with E-state index < -0.39 is 5.92 Å². The van der Waals surface area contributed by atoms with E-state index >= 15 is 0 Å². The highest BCUT2D eigenvalue weighted by molar-refractivity contribution is 6.09. The average Bonchev–Trinajstić information content (AvgIpc) is 3.10. The van der Waals surface area contributed by atoms with Crippen LogP contribution in [0.3, 0.4) is 0 Å². The Labute approximate surface area is 163 Å². The van der Waals surface area contributed by atoms with E-state index in [4.69, 9.17) is 0 Å². The molecular formula is C22H22N4O2. The molecule has 1 aromatic heterocycles. The first-order valence-corrected chi connectivity index (χ1v) is 9.30. The zero-order valence-corrected chi connectivity index (χ0v) is 15.7. The molecular weight excluding hydrogens is 352 g/mol. The lowest BCUT2D eigenvalue weighted by Gasteiger charge is -2.31. The second-order valence-electron chi connectivity index (χ2n) is 7.00. The lowest BCUT2D eigenvalue weighted by molar-refractivity contribution is -0.134. The first kappa shape index (κ1) is 18.0. The lowest BCUT2D eigenvalue weighted by atomic mass is 9.95. The van der Waals surface area contributed by atoms with Crippen LogP contribution in [0.5, 0.6) is 0 Å². The van der Waals surface area contributed by atoms with Crippen molar-refractivity contribution in [1.29, 1.82) is 0 Å². The van der Waals surface area contributed by atoms with Gasteiger partial charge in [0.25, 0.3) is 0 Å². The fourth-order valence-electron chi connectivity index (χ4n) is 3.51. The summed E-state index contributed by atoms with van der Waals surface area (Å²) in [5.41, 5.74) is 2.90. The first-order valence-electron chi connectivity index (χ1n) is 9.30. The van der Waals surface area contributed by atoms with Gasteiger partial charge in [0, 0.05) is 20.0 Å². The van der Waals surface area contributed by atoms with Crippen LogP contribution in [0, 0.1) is 5.92 Å². The molecule has 4 rings (SSSR count). The van der Waals surface area contributed by atoms with Crippen LogP contribution in [0.2, 0.25) is 0 Å². The zero-order chi connectivity index (χ0) is 19.5. The van der Waals surface area contributed by atoms with Gasteiger partial charge in [-0.15, -0.1) is 0 Å². The SMILES string of the molecule is Cn1cnc2c1C[C@H](C(=O)NCc1ccccc1)C(=O)N2Cc1ccccc1. The number of anilines is 1. The second kappa shape index (κ2) is 7.68. The van der Waals surface area contributed by atoms with Crippen molar-refractivity contribution in [2.75, 3.05) is 4.90 Å². The highest BCUT2D eigenvalue weighted by Crippen LogP contribution is 2.30. The number of amides is 2. The van der Waals surface area contributed by atoms with Crippen LogP contribution in [0.1, 0.15) is 16.8 Å². The Morgan fingerprint density at radius 3 is 2.39 bits per heavy atom. The predicted molar refractivity (Wildman–Crippen MR) is 106 cm³/mol. The van der Waals surface area contributed by atoms with Gasteiger partial charge in [0.05, 0.1) is 18.6 Å². The topological polar surface area (TPSA) is 67.2 Å². The highest BCUT2D eigenvalue weighted by atomic mass is 16.2. The second-order valence-corrected chi connectivity index (χ2v) is 7.00. The molecule has 2 heterocycles. The molecule has 0 saturated carbocycles. The van der Waals surface area contributed by atoms with Gasteiger partial charge in [-0.05, 0) is 11.1 Å². The summed E-state index contributed by atoms with van der Waals surface area (Å²) < 4.78 is 1.89. The van der Waals surface area contributed by atoms with Gasteiger partial charge < -0.3 is 9.88 Å². The minimum absolute atomic E-state index is 0.208. The number of aryl methyl sites for hydroxylation is 1. The molecule has 1 aliphatic heterocycles. The summed E-state index contributed by atoms with van der Waals surface area (Å²) in [6.07, 6.45) is 2.05. The Kier molecular flexibility index (Phi) is 4.93. The molecule has 1 atom stereocenters. The van der Waals surface area contributed by atoms with Crippen molar-refractivity contribution >= 4 is 17.6 Å². The van der Waals surface area contributed by atoms with Crippen molar-refractivity contribution in [1.82, 2.24) is 14.9 Å². The molecule has 2 amide bonds. The van der Waals surface area contributed by atoms with E-state index in [2.05, 4.69) is 10.3 Å². The van der Waals surface area contributed by atoms with Crippen molar-refractivity contribution < 1.29 is 9.59 Å². The van der Waals surface area contributed by atoms with Gasteiger partial charge in [0.2, 0.25) is 11.8 Å². The van der Waals surface area contributed by atoms with Crippen LogP contribution < -0.4 is 10.2 Å². The normalized spacial score (nSPS) is 16.0. The summed E-state index contributed by atoms with van der Waals surface area (Å²) in [5.74, 6) is -0.571. The van der Waals surface area contributed by atoms with Crippen molar-refractivity contribution in [3.05, 3.63) is 83.8 Å². The molecule has 0 fully saturated rings. The largest absolute Gasteiger partial charge is 0.351 e. The lowest BCUT2D eigenvalue weighted by Crippen LogP contribution is -2.48. The van der Waals surface area contributed by atoms with Crippen LogP contribution in [-0.4, -0.2) is 21.4 Å². The number of nitrogens with zero attached hydrogens (tertiary/aromatic N) is 3. The Morgan fingerprint density at radius 2 is 1.71 bits per heavy atom. The third kappa shape index (κ3) is 3.53. The van der Waals surface area contributed by atoms with Gasteiger partial charge in [-0.1, -0.05) is 60.7 Å². The third-order valence-corrected chi connectivity index (χ3v) is 5.06. The minimum atomic E-state index is -0.754. The summed E-state index contributed by atoms with van der Waals surface area (Å²) in [6.45, 7) is 0.798. The Hall–Kier alpha value is -3.41. The summed E-state index contributed by atoms with van der Waals surface area (Å²) in [5, 5.41) is 2.91. The zero-order valence-electron chi connectivity index (χ0n) is 15.7. The number of aromatic nitrogens is 2. The minimum Gasteiger partial charge on any atom is -0.351 e. The monoisotopic (exact) mass is 374 g/mol. The van der Waals surface area contributed by atoms with E-state index in [-0.39, 0.29) is 11.8 Å². The Morgan fingerprint density at radius 1 is 1.07 bits per heavy atom. The van der Waals surface area contributed by atoms with Crippen LogP contribution >= 0.6 is 0 Å². The van der Waals surface area contributed by atoms with Gasteiger partial charge in [0.1, 0.15) is 5.92 Å². The van der Waals surface area contributed by atoms with Crippen LogP contribution in [0.15, 0.2) is 67.0 Å². The molecule has 3 aromatic rings. The van der Waals surface area contributed by atoms with Gasteiger partial charge in [0.15, 0.2) is 5.82 Å². The number of imidazole rings is 1. The highest BCUT2D eigenvalue weighted by Gasteiger charge is 2.39. The number of benzene rings is 2. The maximum Gasteiger partial charge on any atom is 0.241 e. The number of carbonyl (C=O) groups excluding carboxylic acids is 2. The molecule has 1 N–H and O–H groups in total. The molecule has 28 heavy (non-hydrogen) atoms. The van der Waals surface area contributed by atoms with Crippen LogP contribution in [0.25, 0.3) is 0 Å². The van der Waals surface area contributed by atoms with E-state index in [1.54, 1.807) is 11.2 Å². The number of nitrogens with one attached hydrogen (secondary N) is 1. The molecule has 0 bridgehead atoms. The molecule has 0 spiro atoms. The van der Waals surface area contributed by atoms with Gasteiger partial charge >= 0.3 is 0 Å². The smallest absolute Gasteiger partial charge is 0.241 e. The molecule has 2 aromatic carbocycles. The van der Waals surface area contributed by atoms with Crippen molar-refractivity contribution in [3.63, 3.8) is 0 Å². The van der Waals surface area contributed by atoms with Crippen LogP contribution in [0.4, 0.5) is 5.82 Å². The number of carbonyl (C=O) groups is 2. The summed E-state index contributed by atoms with van der Waals surface area (Å²) in [4.78, 5) is 32.0. The number of rotatable bonds is 5. The Bertz CT molecular complexity index is 982. The van der Waals surface area contributed by atoms with E-state index in [1.807, 2.05) is 72.3 Å². The Balaban J connectivity index is 1.56. The molecule has 0 radical (unpaired) electrons. The fraction of sp³-hybridized carbons (Fsp3) is 0.227. The maximum absolute atomic E-state index is 13.2. The van der Waals surface area contributed by atoms with Crippen molar-refractivity contribution in [3.8, 4) is 0 Å². The van der Waals surface area contributed by atoms with E-state index in [0.29, 0.717) is 25.3 Å². The van der Waals surface area contributed by atoms with E-state index in [1.165, 1.54) is 0 Å². The number of hydrogen-bond acceptors (Lipinski definition) is 3. The molecule has 0 saturated heterocycles. The van der Waals surface area contributed by atoms with Crippen LogP contribution in [-0.2, 0) is 36.1 Å². The standard InChI is InChI=1S/C22H22N4O2/c1-25-15-24-20-19(25)12-18(21(27)23-13-16-8-4-2-5-9-16)22(28)26(20)14-17-10-6-3-7-11-17/h2-11,15,18H,12-14H2,1H3,(H,23,27)/t18-/m1/s1. The van der Waals surface area contributed by atoms with E-state index in [9.17, 15) is 9.59 Å². The average molecular weight is 374 g/mol. The molecule has 0 unspecified atom stereocenters. The van der Waals surface area contributed by atoms with E-state index in [0.717, 1.165) is 16.8 Å². The summed E-state index contributed by atoms with van der Waals surface area (Å²) >= 11 is 0. The fourth-order valence-corrected chi connectivity index (χ4v) is 3.51. The summed E-state index contributed by atoms with van der Waals surface area (Å²) in [6, 6.07) is 19.4. The summed E-state index contributed by atoms with van der Waals surface area (Å²) in [7, 11) is 1.89. The molecule has 1 aliphatic rings. The molecule has 0 aliphatic carbocycles. The third-order valence-electron chi connectivity index (χ3n) is 5.06. The molecule has 6 nitrogen and oxygen atoms in total. The van der Waals surface area contributed by atoms with Crippen molar-refractivity contribution in [2.45, 2.75) is 19.5 Å². The van der Waals surface area contributed by atoms with Crippen molar-refractivity contribution in [2.24, 2.45) is 13.0 Å². The first-order chi connectivity index (χ1) is 13.6. The van der Waals surface area contributed by atoms with Gasteiger partial charge in [-0.25, -0.2) is 4.98 Å². The predicted octanol–water partition coefficient (Wildman–Crippen LogP) is 2.44. The molecule has 142 valence electrons. The number of hydrogen-bond donors (Lipinski definition) is 1. The quantitative estimate of drug-likeness (QED) is 0.698. The van der Waals surface area contributed by atoms with Gasteiger partial charge in [-0.3, -0.25) is 14.5 Å². The number of fused-ring (bicyclic) bond motifs is 1.